The fourth-order valence-corrected chi connectivity index (χ4v) is 3.78. The third-order valence-corrected chi connectivity index (χ3v) is 5.06. The van der Waals surface area contributed by atoms with Crippen LogP contribution in [0.25, 0.3) is 0 Å². The zero-order chi connectivity index (χ0) is 13.4. The summed E-state index contributed by atoms with van der Waals surface area (Å²) in [5, 5.41) is -0.789. The van der Waals surface area contributed by atoms with Crippen molar-refractivity contribution in [1.82, 2.24) is 4.98 Å². The first-order valence-corrected chi connectivity index (χ1v) is 7.02. The Morgan fingerprint density at radius 3 is 2.78 bits per heavy atom. The number of aromatic nitrogens is 1. The van der Waals surface area contributed by atoms with Crippen LogP contribution in [0.4, 0.5) is 13.2 Å². The highest BCUT2D eigenvalue weighted by atomic mass is 32.1. The lowest BCUT2D eigenvalue weighted by atomic mass is 9.71. The summed E-state index contributed by atoms with van der Waals surface area (Å²) in [4.78, 5) is 4.07. The van der Waals surface area contributed by atoms with Crippen molar-refractivity contribution in [1.29, 1.82) is 0 Å². The van der Waals surface area contributed by atoms with E-state index in [2.05, 4.69) is 4.98 Å². The van der Waals surface area contributed by atoms with Crippen LogP contribution in [0, 0.1) is 5.92 Å². The molecule has 0 radical (unpaired) electrons. The van der Waals surface area contributed by atoms with E-state index in [1.165, 1.54) is 6.20 Å². The second-order valence-electron chi connectivity index (χ2n) is 4.92. The van der Waals surface area contributed by atoms with E-state index in [1.807, 2.05) is 6.92 Å². The number of nitrogens with zero attached hydrogens (tertiary/aromatic N) is 1. The van der Waals surface area contributed by atoms with E-state index in [1.54, 1.807) is 0 Å². The first kappa shape index (κ1) is 13.8. The maximum atomic E-state index is 12.6. The third-order valence-electron chi connectivity index (χ3n) is 3.82. The van der Waals surface area contributed by atoms with Crippen molar-refractivity contribution in [3.63, 3.8) is 0 Å². The van der Waals surface area contributed by atoms with Crippen molar-refractivity contribution < 1.29 is 13.2 Å². The smallest absolute Gasteiger partial charge is 0.320 e. The fourth-order valence-electron chi connectivity index (χ4n) is 2.78. The van der Waals surface area contributed by atoms with E-state index < -0.39 is 16.7 Å². The molecule has 1 saturated carbocycles. The summed E-state index contributed by atoms with van der Waals surface area (Å²) in [6.07, 6.45) is 1.69. The SMILES string of the molecule is CCC1CCCCC1(N)c1cnc(C(F)(F)F)s1. The second kappa shape index (κ2) is 4.81. The van der Waals surface area contributed by atoms with Gasteiger partial charge in [0.1, 0.15) is 0 Å². The van der Waals surface area contributed by atoms with Crippen molar-refractivity contribution in [3.8, 4) is 0 Å². The molecular formula is C12H17F3N2S. The number of hydrogen-bond donors (Lipinski definition) is 1. The van der Waals surface area contributed by atoms with Crippen LogP contribution in [0.3, 0.4) is 0 Å². The lowest BCUT2D eigenvalue weighted by Crippen LogP contribution is -2.45. The zero-order valence-electron chi connectivity index (χ0n) is 10.3. The molecule has 2 unspecified atom stereocenters. The molecule has 18 heavy (non-hydrogen) atoms. The fraction of sp³-hybridized carbons (Fsp3) is 0.750. The van der Waals surface area contributed by atoms with Crippen molar-refractivity contribution in [2.24, 2.45) is 11.7 Å². The Kier molecular flexibility index (Phi) is 3.69. The Labute approximate surface area is 108 Å². The first-order chi connectivity index (χ1) is 8.38. The van der Waals surface area contributed by atoms with Gasteiger partial charge < -0.3 is 5.73 Å². The zero-order valence-corrected chi connectivity index (χ0v) is 11.1. The molecule has 0 spiro atoms. The van der Waals surface area contributed by atoms with Crippen LogP contribution >= 0.6 is 11.3 Å². The van der Waals surface area contributed by atoms with Crippen molar-refractivity contribution in [3.05, 3.63) is 16.1 Å². The van der Waals surface area contributed by atoms with Crippen LogP contribution in [0.2, 0.25) is 0 Å². The number of rotatable bonds is 2. The number of alkyl halides is 3. The molecule has 2 rings (SSSR count). The Hall–Kier alpha value is -0.620. The van der Waals surface area contributed by atoms with E-state index in [4.69, 9.17) is 5.73 Å². The van der Waals surface area contributed by atoms with Crippen molar-refractivity contribution in [2.75, 3.05) is 0 Å². The van der Waals surface area contributed by atoms with Crippen LogP contribution in [0.15, 0.2) is 6.20 Å². The number of thiazole rings is 1. The number of halogens is 3. The highest BCUT2D eigenvalue weighted by molar-refractivity contribution is 7.11. The Bertz CT molecular complexity index is 416. The minimum absolute atomic E-state index is 0.257. The third kappa shape index (κ3) is 2.40. The van der Waals surface area contributed by atoms with Crippen molar-refractivity contribution in [2.45, 2.75) is 50.7 Å². The maximum Gasteiger partial charge on any atom is 0.443 e. The molecule has 1 aliphatic carbocycles. The summed E-state index contributed by atoms with van der Waals surface area (Å²) in [5.41, 5.74) is 5.78. The summed E-state index contributed by atoms with van der Waals surface area (Å²) in [5.74, 6) is 0.257. The summed E-state index contributed by atoms with van der Waals surface area (Å²) in [6, 6.07) is 0. The molecule has 2 nitrogen and oxygen atoms in total. The van der Waals surface area contributed by atoms with Gasteiger partial charge in [0.25, 0.3) is 0 Å². The van der Waals surface area contributed by atoms with Gasteiger partial charge in [-0.1, -0.05) is 26.2 Å². The second-order valence-corrected chi connectivity index (χ2v) is 5.95. The molecule has 0 aliphatic heterocycles. The van der Waals surface area contributed by atoms with E-state index in [0.717, 1.165) is 32.1 Å². The largest absolute Gasteiger partial charge is 0.443 e. The maximum absolute atomic E-state index is 12.6. The average molecular weight is 278 g/mol. The van der Waals surface area contributed by atoms with Gasteiger partial charge >= 0.3 is 6.18 Å². The molecule has 1 fully saturated rings. The normalized spacial score (nSPS) is 29.5. The molecule has 0 amide bonds. The molecular weight excluding hydrogens is 261 g/mol. The quantitative estimate of drug-likeness (QED) is 0.890. The van der Waals surface area contributed by atoms with Gasteiger partial charge in [0.2, 0.25) is 0 Å². The molecule has 1 aromatic heterocycles. The Morgan fingerprint density at radius 2 is 2.22 bits per heavy atom. The minimum atomic E-state index is -4.37. The molecule has 0 aromatic carbocycles. The molecule has 2 atom stereocenters. The molecule has 6 heteroatoms. The highest BCUT2D eigenvalue weighted by Gasteiger charge is 2.42. The Balaban J connectivity index is 2.31. The standard InChI is InChI=1S/C12H17F3N2S/c1-2-8-5-3-4-6-11(8,16)9-7-17-10(18-9)12(13,14)15/h7-8H,2-6,16H2,1H3. The summed E-state index contributed by atoms with van der Waals surface area (Å²) >= 11 is 0.703. The van der Waals surface area contributed by atoms with Gasteiger partial charge in [-0.2, -0.15) is 13.2 Å². The van der Waals surface area contributed by atoms with E-state index in [9.17, 15) is 13.2 Å². The summed E-state index contributed by atoms with van der Waals surface area (Å²) < 4.78 is 37.7. The number of nitrogens with two attached hydrogens (primary N) is 1. The first-order valence-electron chi connectivity index (χ1n) is 6.20. The van der Waals surface area contributed by atoms with Crippen LogP contribution in [0.5, 0.6) is 0 Å². The van der Waals surface area contributed by atoms with Gasteiger partial charge in [-0.15, -0.1) is 11.3 Å². The lowest BCUT2D eigenvalue weighted by molar-refractivity contribution is -0.137. The molecule has 2 N–H and O–H groups in total. The van der Waals surface area contributed by atoms with E-state index in [-0.39, 0.29) is 5.92 Å². The Morgan fingerprint density at radius 1 is 1.50 bits per heavy atom. The van der Waals surface area contributed by atoms with Crippen molar-refractivity contribution >= 4 is 11.3 Å². The monoisotopic (exact) mass is 278 g/mol. The van der Waals surface area contributed by atoms with E-state index in [0.29, 0.717) is 16.2 Å². The molecule has 1 aliphatic rings. The molecule has 1 aromatic rings. The van der Waals surface area contributed by atoms with Gasteiger partial charge in [0, 0.05) is 11.1 Å². The average Bonchev–Trinajstić information content (AvgIpc) is 2.79. The van der Waals surface area contributed by atoms with Gasteiger partial charge in [-0.3, -0.25) is 0 Å². The van der Waals surface area contributed by atoms with Crippen LogP contribution in [0.1, 0.15) is 48.9 Å². The van der Waals surface area contributed by atoms with Crippen LogP contribution < -0.4 is 5.73 Å². The molecule has 0 bridgehead atoms. The minimum Gasteiger partial charge on any atom is -0.320 e. The predicted octanol–water partition coefficient (Wildman–Crippen LogP) is 3.92. The van der Waals surface area contributed by atoms with Gasteiger partial charge in [-0.25, -0.2) is 4.98 Å². The lowest BCUT2D eigenvalue weighted by Gasteiger charge is -2.40. The van der Waals surface area contributed by atoms with E-state index >= 15 is 0 Å². The molecule has 0 saturated heterocycles. The molecule has 1 heterocycles. The van der Waals surface area contributed by atoms with Crippen LogP contribution in [-0.2, 0) is 11.7 Å². The van der Waals surface area contributed by atoms with Gasteiger partial charge in [0.05, 0.1) is 5.54 Å². The summed E-state index contributed by atoms with van der Waals surface area (Å²) in [7, 11) is 0. The molecule has 102 valence electrons. The highest BCUT2D eigenvalue weighted by Crippen LogP contribution is 2.45. The summed E-state index contributed by atoms with van der Waals surface area (Å²) in [6.45, 7) is 2.04. The van der Waals surface area contributed by atoms with Gasteiger partial charge in [-0.05, 0) is 18.8 Å². The topological polar surface area (TPSA) is 38.9 Å². The predicted molar refractivity (Wildman–Crippen MR) is 65.2 cm³/mol. The van der Waals surface area contributed by atoms with Crippen LogP contribution in [-0.4, -0.2) is 4.98 Å². The number of hydrogen-bond acceptors (Lipinski definition) is 3. The van der Waals surface area contributed by atoms with Gasteiger partial charge in [0.15, 0.2) is 5.01 Å².